The first-order chi connectivity index (χ1) is 11.8. The summed E-state index contributed by atoms with van der Waals surface area (Å²) in [5.74, 6) is -0.609. The number of nitrogens with one attached hydrogen (secondary N) is 1. The minimum absolute atomic E-state index is 0.123. The SMILES string of the molecule is Cc1ccc(NC(=O)CN(C)C2=NS(=O)(=O)c3ccccc32)cc1F. The lowest BCUT2D eigenvalue weighted by molar-refractivity contribution is -0.116. The molecule has 8 heteroatoms. The molecule has 0 radical (unpaired) electrons. The Hall–Kier alpha value is -2.74. The summed E-state index contributed by atoms with van der Waals surface area (Å²) in [7, 11) is -2.16. The van der Waals surface area contributed by atoms with Crippen LogP contribution in [0.5, 0.6) is 0 Å². The zero-order valence-electron chi connectivity index (χ0n) is 13.7. The van der Waals surface area contributed by atoms with Crippen LogP contribution in [0.1, 0.15) is 11.1 Å². The first-order valence-corrected chi connectivity index (χ1v) is 8.93. The zero-order valence-corrected chi connectivity index (χ0v) is 14.5. The van der Waals surface area contributed by atoms with Gasteiger partial charge in [0.15, 0.2) is 5.84 Å². The third kappa shape index (κ3) is 3.39. The maximum absolute atomic E-state index is 13.5. The normalized spacial score (nSPS) is 14.6. The molecule has 0 saturated carbocycles. The van der Waals surface area contributed by atoms with Gasteiger partial charge in [0.05, 0.1) is 6.54 Å². The van der Waals surface area contributed by atoms with Crippen LogP contribution in [0.2, 0.25) is 0 Å². The van der Waals surface area contributed by atoms with E-state index in [9.17, 15) is 17.6 Å². The number of anilines is 1. The Bertz CT molecular complexity index is 986. The van der Waals surface area contributed by atoms with Gasteiger partial charge in [-0.1, -0.05) is 18.2 Å². The minimum atomic E-state index is -3.74. The minimum Gasteiger partial charge on any atom is -0.349 e. The van der Waals surface area contributed by atoms with Crippen molar-refractivity contribution in [2.75, 3.05) is 18.9 Å². The van der Waals surface area contributed by atoms with Crippen molar-refractivity contribution >= 4 is 27.5 Å². The molecule has 0 unspecified atom stereocenters. The highest BCUT2D eigenvalue weighted by molar-refractivity contribution is 7.90. The average molecular weight is 361 g/mol. The number of sulfonamides is 1. The molecule has 0 atom stereocenters. The van der Waals surface area contributed by atoms with Crippen LogP contribution in [0.3, 0.4) is 0 Å². The largest absolute Gasteiger partial charge is 0.349 e. The van der Waals surface area contributed by atoms with Gasteiger partial charge in [-0.2, -0.15) is 8.42 Å². The third-order valence-electron chi connectivity index (χ3n) is 3.81. The highest BCUT2D eigenvalue weighted by atomic mass is 32.2. The van der Waals surface area contributed by atoms with E-state index in [2.05, 4.69) is 9.71 Å². The van der Waals surface area contributed by atoms with Crippen molar-refractivity contribution in [3.63, 3.8) is 0 Å². The van der Waals surface area contributed by atoms with Gasteiger partial charge in [0.2, 0.25) is 5.91 Å². The van der Waals surface area contributed by atoms with Crippen molar-refractivity contribution < 1.29 is 17.6 Å². The summed E-state index contributed by atoms with van der Waals surface area (Å²) in [6.07, 6.45) is 0. The van der Waals surface area contributed by atoms with E-state index in [4.69, 9.17) is 0 Å². The fraction of sp³-hybridized carbons (Fsp3) is 0.176. The van der Waals surface area contributed by atoms with Gasteiger partial charge in [0.1, 0.15) is 10.7 Å². The summed E-state index contributed by atoms with van der Waals surface area (Å²) in [4.78, 5) is 13.7. The molecule has 1 aliphatic heterocycles. The second kappa shape index (κ2) is 6.29. The quantitative estimate of drug-likeness (QED) is 0.909. The van der Waals surface area contributed by atoms with Gasteiger partial charge in [-0.3, -0.25) is 4.79 Å². The van der Waals surface area contributed by atoms with Crippen molar-refractivity contribution in [3.05, 3.63) is 59.4 Å². The molecule has 1 aliphatic rings. The van der Waals surface area contributed by atoms with Gasteiger partial charge in [0.25, 0.3) is 10.0 Å². The number of carbonyl (C=O) groups excluding carboxylic acids is 1. The molecule has 1 heterocycles. The average Bonchev–Trinajstić information content (AvgIpc) is 2.83. The molecule has 0 saturated heterocycles. The van der Waals surface area contributed by atoms with Crippen molar-refractivity contribution in [2.24, 2.45) is 4.40 Å². The molecular weight excluding hydrogens is 345 g/mol. The van der Waals surface area contributed by atoms with E-state index in [0.29, 0.717) is 16.8 Å². The number of hydrogen-bond donors (Lipinski definition) is 1. The van der Waals surface area contributed by atoms with Gasteiger partial charge < -0.3 is 10.2 Å². The number of likely N-dealkylation sites (N-methyl/N-ethyl adjacent to an activating group) is 1. The Morgan fingerprint density at radius 3 is 2.68 bits per heavy atom. The summed E-state index contributed by atoms with van der Waals surface area (Å²) in [6, 6.07) is 10.8. The lowest BCUT2D eigenvalue weighted by atomic mass is 10.2. The fourth-order valence-corrected chi connectivity index (χ4v) is 3.78. The van der Waals surface area contributed by atoms with Crippen molar-refractivity contribution in [1.82, 2.24) is 4.90 Å². The highest BCUT2D eigenvalue weighted by Crippen LogP contribution is 2.26. The zero-order chi connectivity index (χ0) is 18.2. The molecule has 1 amide bonds. The standard InChI is InChI=1S/C17H16FN3O3S/c1-11-7-8-12(9-14(11)18)19-16(22)10-21(2)17-13-5-3-4-6-15(13)25(23,24)20-17/h3-9H,10H2,1-2H3,(H,19,22). The van der Waals surface area contributed by atoms with Crippen LogP contribution >= 0.6 is 0 Å². The molecule has 0 aliphatic carbocycles. The maximum atomic E-state index is 13.5. The predicted molar refractivity (Wildman–Crippen MR) is 92.6 cm³/mol. The number of amides is 1. The summed E-state index contributed by atoms with van der Waals surface area (Å²) in [5.41, 5.74) is 1.28. The molecule has 6 nitrogen and oxygen atoms in total. The van der Waals surface area contributed by atoms with E-state index in [1.807, 2.05) is 0 Å². The van der Waals surface area contributed by atoms with Crippen molar-refractivity contribution in [3.8, 4) is 0 Å². The van der Waals surface area contributed by atoms with E-state index < -0.39 is 21.7 Å². The van der Waals surface area contributed by atoms with Crippen molar-refractivity contribution in [2.45, 2.75) is 11.8 Å². The molecule has 25 heavy (non-hydrogen) atoms. The van der Waals surface area contributed by atoms with Gasteiger partial charge in [-0.05, 0) is 36.8 Å². The van der Waals surface area contributed by atoms with Gasteiger partial charge in [-0.15, -0.1) is 4.40 Å². The number of benzene rings is 2. The third-order valence-corrected chi connectivity index (χ3v) is 5.14. The molecule has 0 aromatic heterocycles. The first-order valence-electron chi connectivity index (χ1n) is 7.49. The number of carbonyl (C=O) groups is 1. The number of fused-ring (bicyclic) bond motifs is 1. The van der Waals surface area contributed by atoms with Crippen LogP contribution in [0.4, 0.5) is 10.1 Å². The molecule has 2 aromatic rings. The van der Waals surface area contributed by atoms with Crippen LogP contribution in [0, 0.1) is 12.7 Å². The number of hydrogen-bond acceptors (Lipinski definition) is 4. The van der Waals surface area contributed by atoms with E-state index in [0.717, 1.165) is 0 Å². The highest BCUT2D eigenvalue weighted by Gasteiger charge is 2.30. The Morgan fingerprint density at radius 2 is 1.96 bits per heavy atom. The van der Waals surface area contributed by atoms with Crippen LogP contribution in [-0.4, -0.2) is 38.7 Å². The van der Waals surface area contributed by atoms with E-state index in [-0.39, 0.29) is 17.3 Å². The molecule has 1 N–H and O–H groups in total. The van der Waals surface area contributed by atoms with Gasteiger partial charge in [0, 0.05) is 18.3 Å². The smallest absolute Gasteiger partial charge is 0.285 e. The lowest BCUT2D eigenvalue weighted by Gasteiger charge is -2.18. The van der Waals surface area contributed by atoms with E-state index in [1.54, 1.807) is 44.3 Å². The number of amidine groups is 1. The van der Waals surface area contributed by atoms with Crippen molar-refractivity contribution in [1.29, 1.82) is 0 Å². The molecule has 2 aromatic carbocycles. The predicted octanol–water partition coefficient (Wildman–Crippen LogP) is 2.15. The number of aryl methyl sites for hydroxylation is 1. The Morgan fingerprint density at radius 1 is 1.24 bits per heavy atom. The van der Waals surface area contributed by atoms with E-state index >= 15 is 0 Å². The molecule has 0 fully saturated rings. The van der Waals surface area contributed by atoms with Gasteiger partial charge >= 0.3 is 0 Å². The molecule has 3 rings (SSSR count). The van der Waals surface area contributed by atoms with Crippen LogP contribution in [-0.2, 0) is 14.8 Å². The first kappa shape index (κ1) is 17.1. The van der Waals surface area contributed by atoms with Gasteiger partial charge in [-0.25, -0.2) is 4.39 Å². The topological polar surface area (TPSA) is 78.8 Å². The Balaban J connectivity index is 1.75. The fourth-order valence-electron chi connectivity index (χ4n) is 2.53. The summed E-state index contributed by atoms with van der Waals surface area (Å²) in [6.45, 7) is 1.50. The maximum Gasteiger partial charge on any atom is 0.285 e. The Kier molecular flexibility index (Phi) is 4.30. The summed E-state index contributed by atoms with van der Waals surface area (Å²) in [5, 5.41) is 2.58. The van der Waals surface area contributed by atoms with Crippen LogP contribution in [0.15, 0.2) is 51.8 Å². The number of halogens is 1. The lowest BCUT2D eigenvalue weighted by Crippen LogP contribution is -2.34. The molecular formula is C17H16FN3O3S. The Labute approximate surface area is 145 Å². The second-order valence-electron chi connectivity index (χ2n) is 5.75. The van der Waals surface area contributed by atoms with Crippen LogP contribution in [0.25, 0.3) is 0 Å². The number of nitrogens with zero attached hydrogens (tertiary/aromatic N) is 2. The molecule has 0 spiro atoms. The summed E-state index contributed by atoms with van der Waals surface area (Å²) < 4.78 is 41.4. The molecule has 130 valence electrons. The second-order valence-corrected chi connectivity index (χ2v) is 7.33. The summed E-state index contributed by atoms with van der Waals surface area (Å²) >= 11 is 0. The van der Waals surface area contributed by atoms with Crippen LogP contribution < -0.4 is 5.32 Å². The number of rotatable bonds is 3. The molecule has 0 bridgehead atoms. The monoisotopic (exact) mass is 361 g/mol. The van der Waals surface area contributed by atoms with E-state index in [1.165, 1.54) is 17.0 Å².